The van der Waals surface area contributed by atoms with Gasteiger partial charge in [-0.2, -0.15) is 0 Å². The summed E-state index contributed by atoms with van der Waals surface area (Å²) in [5.74, 6) is 1.59. The van der Waals surface area contributed by atoms with Crippen molar-refractivity contribution in [3.8, 4) is 5.75 Å². The first kappa shape index (κ1) is 12.7. The molecule has 0 heterocycles. The van der Waals surface area contributed by atoms with E-state index in [1.165, 1.54) is 0 Å². The summed E-state index contributed by atoms with van der Waals surface area (Å²) in [6, 6.07) is 3.94. The summed E-state index contributed by atoms with van der Waals surface area (Å²) in [5.41, 5.74) is 2.12. The second-order valence-electron chi connectivity index (χ2n) is 3.62. The Bertz CT molecular complexity index is 300. The fourth-order valence-electron chi connectivity index (χ4n) is 1.38. The van der Waals surface area contributed by atoms with Gasteiger partial charge in [-0.15, -0.1) is 11.6 Å². The molecule has 0 aromatic heterocycles. The maximum Gasteiger partial charge on any atom is 0.119 e. The van der Waals surface area contributed by atoms with Crippen LogP contribution in [0.15, 0.2) is 12.1 Å². The molecule has 1 aromatic carbocycles. The van der Waals surface area contributed by atoms with E-state index in [4.69, 9.17) is 27.9 Å². The molecule has 0 radical (unpaired) electrons. The lowest BCUT2D eigenvalue weighted by molar-refractivity contribution is 0.309. The fourth-order valence-corrected chi connectivity index (χ4v) is 1.67. The van der Waals surface area contributed by atoms with Gasteiger partial charge in [0.1, 0.15) is 5.75 Å². The van der Waals surface area contributed by atoms with Crippen molar-refractivity contribution in [3.05, 3.63) is 28.3 Å². The van der Waals surface area contributed by atoms with Gasteiger partial charge in [0.25, 0.3) is 0 Å². The first-order valence-corrected chi connectivity index (χ1v) is 6.02. The van der Waals surface area contributed by atoms with Gasteiger partial charge in [-0.1, -0.05) is 11.6 Å². The van der Waals surface area contributed by atoms with Crippen molar-refractivity contribution < 1.29 is 4.74 Å². The van der Waals surface area contributed by atoms with Crippen LogP contribution in [0, 0.1) is 13.8 Å². The second-order valence-corrected chi connectivity index (χ2v) is 4.37. The number of unbranched alkanes of at least 4 members (excludes halogenated alkanes) is 1. The molecule has 1 nitrogen and oxygen atoms in total. The number of benzene rings is 1. The van der Waals surface area contributed by atoms with E-state index < -0.39 is 0 Å². The Hall–Kier alpha value is -0.400. The minimum absolute atomic E-state index is 0.696. The van der Waals surface area contributed by atoms with Crippen LogP contribution in [-0.2, 0) is 0 Å². The molecular weight excluding hydrogens is 231 g/mol. The lowest BCUT2D eigenvalue weighted by Gasteiger charge is -2.09. The zero-order valence-electron chi connectivity index (χ0n) is 9.15. The Balaban J connectivity index is 2.55. The molecule has 15 heavy (non-hydrogen) atoms. The van der Waals surface area contributed by atoms with Crippen LogP contribution in [0.25, 0.3) is 0 Å². The van der Waals surface area contributed by atoms with Crippen molar-refractivity contribution in [1.82, 2.24) is 0 Å². The first-order chi connectivity index (χ1) is 7.15. The van der Waals surface area contributed by atoms with Gasteiger partial charge in [-0.25, -0.2) is 0 Å². The normalized spacial score (nSPS) is 10.4. The van der Waals surface area contributed by atoms with Crippen LogP contribution in [0.5, 0.6) is 5.75 Å². The summed E-state index contributed by atoms with van der Waals surface area (Å²) < 4.78 is 5.61. The predicted octanol–water partition coefficient (Wildman–Crippen LogP) is 4.35. The second kappa shape index (κ2) is 6.24. The van der Waals surface area contributed by atoms with Crippen LogP contribution in [-0.4, -0.2) is 12.5 Å². The molecule has 1 aromatic rings. The maximum absolute atomic E-state index is 6.06. The zero-order chi connectivity index (χ0) is 11.3. The van der Waals surface area contributed by atoms with Crippen molar-refractivity contribution in [2.75, 3.05) is 12.5 Å². The van der Waals surface area contributed by atoms with Crippen LogP contribution >= 0.6 is 23.2 Å². The van der Waals surface area contributed by atoms with E-state index in [-0.39, 0.29) is 0 Å². The van der Waals surface area contributed by atoms with Crippen LogP contribution in [0.4, 0.5) is 0 Å². The van der Waals surface area contributed by atoms with E-state index in [0.29, 0.717) is 12.5 Å². The summed E-state index contributed by atoms with van der Waals surface area (Å²) in [5, 5.41) is 0.822. The third-order valence-corrected chi connectivity index (χ3v) is 3.07. The number of hydrogen-bond donors (Lipinski definition) is 0. The third kappa shape index (κ3) is 3.92. The van der Waals surface area contributed by atoms with Crippen LogP contribution < -0.4 is 4.74 Å². The molecule has 0 atom stereocenters. The number of hydrogen-bond acceptors (Lipinski definition) is 1. The highest BCUT2D eigenvalue weighted by molar-refractivity contribution is 6.32. The summed E-state index contributed by atoms with van der Waals surface area (Å²) >= 11 is 11.6. The number of ether oxygens (including phenoxy) is 1. The summed E-state index contributed by atoms with van der Waals surface area (Å²) in [7, 11) is 0. The molecule has 0 unspecified atom stereocenters. The lowest BCUT2D eigenvalue weighted by Crippen LogP contribution is -1.98. The highest BCUT2D eigenvalue weighted by Crippen LogP contribution is 2.25. The maximum atomic E-state index is 6.06. The molecule has 1 rings (SSSR count). The van der Waals surface area contributed by atoms with Crippen molar-refractivity contribution >= 4 is 23.2 Å². The molecule has 0 amide bonds. The van der Waals surface area contributed by atoms with Gasteiger partial charge in [-0.3, -0.25) is 0 Å². The molecule has 0 aliphatic rings. The van der Waals surface area contributed by atoms with E-state index in [0.717, 1.165) is 34.7 Å². The molecule has 0 aliphatic carbocycles. The molecule has 0 saturated carbocycles. The van der Waals surface area contributed by atoms with E-state index in [1.807, 2.05) is 26.0 Å². The number of aryl methyl sites for hydroxylation is 2. The Morgan fingerprint density at radius 1 is 1.13 bits per heavy atom. The van der Waals surface area contributed by atoms with Gasteiger partial charge >= 0.3 is 0 Å². The van der Waals surface area contributed by atoms with Gasteiger partial charge in [0.05, 0.1) is 6.61 Å². The van der Waals surface area contributed by atoms with Gasteiger partial charge in [-0.05, 0) is 49.9 Å². The third-order valence-electron chi connectivity index (χ3n) is 2.21. The van der Waals surface area contributed by atoms with Crippen LogP contribution in [0.3, 0.4) is 0 Å². The molecule has 0 N–H and O–H groups in total. The zero-order valence-corrected chi connectivity index (χ0v) is 10.7. The smallest absolute Gasteiger partial charge is 0.119 e. The van der Waals surface area contributed by atoms with Gasteiger partial charge in [0.15, 0.2) is 0 Å². The average Bonchev–Trinajstić information content (AvgIpc) is 2.21. The molecular formula is C12H16Cl2O. The van der Waals surface area contributed by atoms with Crippen molar-refractivity contribution in [3.63, 3.8) is 0 Å². The SMILES string of the molecule is Cc1cc(OCCCCCl)cc(C)c1Cl. The van der Waals surface area contributed by atoms with Crippen LogP contribution in [0.2, 0.25) is 5.02 Å². The van der Waals surface area contributed by atoms with Crippen molar-refractivity contribution in [1.29, 1.82) is 0 Å². The molecule has 0 aliphatic heterocycles. The molecule has 3 heteroatoms. The Morgan fingerprint density at radius 3 is 2.27 bits per heavy atom. The monoisotopic (exact) mass is 246 g/mol. The lowest BCUT2D eigenvalue weighted by atomic mass is 10.1. The molecule has 0 saturated heterocycles. The van der Waals surface area contributed by atoms with Gasteiger partial charge in [0.2, 0.25) is 0 Å². The van der Waals surface area contributed by atoms with Crippen molar-refractivity contribution in [2.45, 2.75) is 26.7 Å². The van der Waals surface area contributed by atoms with Gasteiger partial charge in [0, 0.05) is 10.9 Å². The minimum Gasteiger partial charge on any atom is -0.494 e. The quantitative estimate of drug-likeness (QED) is 0.555. The molecule has 84 valence electrons. The molecule has 0 spiro atoms. The Morgan fingerprint density at radius 2 is 1.73 bits per heavy atom. The molecule has 0 fully saturated rings. The van der Waals surface area contributed by atoms with Gasteiger partial charge < -0.3 is 4.74 Å². The Labute approximate surface area is 101 Å². The average molecular weight is 247 g/mol. The first-order valence-electron chi connectivity index (χ1n) is 5.10. The van der Waals surface area contributed by atoms with E-state index in [2.05, 4.69) is 0 Å². The molecule has 0 bridgehead atoms. The minimum atomic E-state index is 0.696. The summed E-state index contributed by atoms with van der Waals surface area (Å²) in [6.45, 7) is 4.69. The van der Waals surface area contributed by atoms with E-state index in [1.54, 1.807) is 0 Å². The largest absolute Gasteiger partial charge is 0.494 e. The topological polar surface area (TPSA) is 9.23 Å². The van der Waals surface area contributed by atoms with Crippen molar-refractivity contribution in [2.24, 2.45) is 0 Å². The highest BCUT2D eigenvalue weighted by atomic mass is 35.5. The number of rotatable bonds is 5. The number of alkyl halides is 1. The van der Waals surface area contributed by atoms with Crippen LogP contribution in [0.1, 0.15) is 24.0 Å². The number of halogens is 2. The summed E-state index contributed by atoms with van der Waals surface area (Å²) in [6.07, 6.45) is 1.98. The Kier molecular flexibility index (Phi) is 5.27. The fraction of sp³-hybridized carbons (Fsp3) is 0.500. The summed E-state index contributed by atoms with van der Waals surface area (Å²) in [4.78, 5) is 0. The highest BCUT2D eigenvalue weighted by Gasteiger charge is 2.03. The standard InChI is InChI=1S/C12H16Cl2O/c1-9-7-11(8-10(2)12(9)14)15-6-4-3-5-13/h7-8H,3-6H2,1-2H3. The van der Waals surface area contributed by atoms with E-state index >= 15 is 0 Å². The predicted molar refractivity (Wildman–Crippen MR) is 66.4 cm³/mol. The van der Waals surface area contributed by atoms with E-state index in [9.17, 15) is 0 Å².